The van der Waals surface area contributed by atoms with E-state index in [0.29, 0.717) is 18.6 Å². The number of hydrogen-bond donors (Lipinski definition) is 1. The minimum atomic E-state index is -4.06. The topological polar surface area (TPSA) is 95.2 Å². The highest BCUT2D eigenvalue weighted by Gasteiger charge is 2.26. The summed E-state index contributed by atoms with van der Waals surface area (Å²) in [6.07, 6.45) is 0.626. The van der Waals surface area contributed by atoms with Crippen molar-refractivity contribution in [2.24, 2.45) is 0 Å². The van der Waals surface area contributed by atoms with Crippen LogP contribution in [0.4, 0.5) is 8.78 Å². The highest BCUT2D eigenvalue weighted by atomic mass is 32.2. The standard InChI is InChI=1S/C12H11F2NO4S/c13-8-4-5-9(11(14)10(8)12(16)17)20(18,19)7-3-1-2-6-15/h4-5H,1-3,7H2,(H,16,17). The van der Waals surface area contributed by atoms with Crippen LogP contribution in [-0.2, 0) is 9.84 Å². The average molecular weight is 303 g/mol. The molecule has 0 spiro atoms. The summed E-state index contributed by atoms with van der Waals surface area (Å²) in [4.78, 5) is 9.87. The lowest BCUT2D eigenvalue weighted by molar-refractivity contribution is 0.0685. The van der Waals surface area contributed by atoms with E-state index in [1.54, 1.807) is 0 Å². The van der Waals surface area contributed by atoms with Gasteiger partial charge < -0.3 is 5.11 Å². The molecule has 0 radical (unpaired) electrons. The number of aromatic carboxylic acids is 1. The van der Waals surface area contributed by atoms with Crippen LogP contribution in [0.1, 0.15) is 29.6 Å². The molecular weight excluding hydrogens is 292 g/mol. The van der Waals surface area contributed by atoms with Crippen molar-refractivity contribution in [2.75, 3.05) is 5.75 Å². The van der Waals surface area contributed by atoms with E-state index in [1.165, 1.54) is 0 Å². The lowest BCUT2D eigenvalue weighted by Gasteiger charge is -2.07. The molecule has 1 N–H and O–H groups in total. The van der Waals surface area contributed by atoms with E-state index in [1.807, 2.05) is 6.07 Å². The molecule has 0 aromatic heterocycles. The van der Waals surface area contributed by atoms with Crippen LogP contribution in [0.5, 0.6) is 0 Å². The first-order chi connectivity index (χ1) is 9.31. The summed E-state index contributed by atoms with van der Waals surface area (Å²) in [7, 11) is -4.06. The second kappa shape index (κ2) is 6.43. The number of benzene rings is 1. The Hall–Kier alpha value is -2.01. The number of hydrogen-bond acceptors (Lipinski definition) is 4. The number of carboxylic acid groups (broad SMARTS) is 1. The highest BCUT2D eigenvalue weighted by Crippen LogP contribution is 2.23. The van der Waals surface area contributed by atoms with Crippen LogP contribution in [0.3, 0.4) is 0 Å². The van der Waals surface area contributed by atoms with E-state index in [9.17, 15) is 22.0 Å². The minimum Gasteiger partial charge on any atom is -0.477 e. The first-order valence-corrected chi connectivity index (χ1v) is 7.27. The Morgan fingerprint density at radius 1 is 1.30 bits per heavy atom. The quantitative estimate of drug-likeness (QED) is 0.641. The number of carboxylic acids is 1. The van der Waals surface area contributed by atoms with Gasteiger partial charge in [-0.1, -0.05) is 0 Å². The average Bonchev–Trinajstić information content (AvgIpc) is 2.34. The first kappa shape index (κ1) is 16.0. The third-order valence-electron chi connectivity index (χ3n) is 2.56. The Balaban J connectivity index is 3.11. The zero-order valence-electron chi connectivity index (χ0n) is 10.3. The van der Waals surface area contributed by atoms with Gasteiger partial charge in [-0.05, 0) is 25.0 Å². The van der Waals surface area contributed by atoms with Crippen molar-refractivity contribution in [2.45, 2.75) is 24.2 Å². The Morgan fingerprint density at radius 2 is 1.95 bits per heavy atom. The molecule has 0 aliphatic heterocycles. The van der Waals surface area contributed by atoms with Gasteiger partial charge in [0.15, 0.2) is 15.7 Å². The molecule has 1 aromatic carbocycles. The van der Waals surface area contributed by atoms with Gasteiger partial charge in [0.25, 0.3) is 0 Å². The molecule has 0 atom stereocenters. The molecule has 0 bridgehead atoms. The van der Waals surface area contributed by atoms with Gasteiger partial charge in [0, 0.05) is 6.42 Å². The molecule has 0 aliphatic carbocycles. The van der Waals surface area contributed by atoms with Crippen molar-refractivity contribution in [1.82, 2.24) is 0 Å². The zero-order chi connectivity index (χ0) is 15.3. The number of unbranched alkanes of at least 4 members (excludes halogenated alkanes) is 2. The fourth-order valence-electron chi connectivity index (χ4n) is 1.58. The van der Waals surface area contributed by atoms with Crippen LogP contribution in [0, 0.1) is 23.0 Å². The van der Waals surface area contributed by atoms with E-state index >= 15 is 0 Å². The van der Waals surface area contributed by atoms with Crippen molar-refractivity contribution in [3.8, 4) is 6.07 Å². The van der Waals surface area contributed by atoms with Gasteiger partial charge in [-0.3, -0.25) is 0 Å². The SMILES string of the molecule is N#CCCCCS(=O)(=O)c1ccc(F)c(C(=O)O)c1F. The third kappa shape index (κ3) is 3.51. The fourth-order valence-corrected chi connectivity index (χ4v) is 3.03. The summed E-state index contributed by atoms with van der Waals surface area (Å²) in [5, 5.41) is 17.0. The van der Waals surface area contributed by atoms with E-state index < -0.39 is 43.7 Å². The number of sulfone groups is 1. The Morgan fingerprint density at radius 3 is 2.50 bits per heavy atom. The molecular formula is C12H11F2NO4S. The molecule has 0 saturated heterocycles. The maximum atomic E-state index is 13.8. The number of carbonyl (C=O) groups is 1. The second-order valence-corrected chi connectivity index (χ2v) is 6.05. The molecule has 8 heteroatoms. The van der Waals surface area contributed by atoms with Gasteiger partial charge in [-0.15, -0.1) is 0 Å². The molecule has 0 unspecified atom stereocenters. The largest absolute Gasteiger partial charge is 0.477 e. The van der Waals surface area contributed by atoms with Crippen LogP contribution < -0.4 is 0 Å². The Labute approximate surface area is 114 Å². The molecule has 0 amide bonds. The van der Waals surface area contributed by atoms with Gasteiger partial charge in [0.2, 0.25) is 0 Å². The monoisotopic (exact) mass is 303 g/mol. The summed E-state index contributed by atoms with van der Waals surface area (Å²) in [5.41, 5.74) is -1.29. The Bertz CT molecular complexity index is 665. The van der Waals surface area contributed by atoms with Crippen molar-refractivity contribution < 1.29 is 27.1 Å². The highest BCUT2D eigenvalue weighted by molar-refractivity contribution is 7.91. The van der Waals surface area contributed by atoms with Crippen molar-refractivity contribution in [1.29, 1.82) is 5.26 Å². The zero-order valence-corrected chi connectivity index (χ0v) is 11.1. The lowest BCUT2D eigenvalue weighted by atomic mass is 10.2. The molecule has 0 saturated carbocycles. The summed E-state index contributed by atoms with van der Waals surface area (Å²) in [6, 6.07) is 3.15. The summed E-state index contributed by atoms with van der Waals surface area (Å²) >= 11 is 0. The number of nitriles is 1. The summed E-state index contributed by atoms with van der Waals surface area (Å²) in [5.74, 6) is -5.24. The predicted octanol–water partition coefficient (Wildman–Crippen LogP) is 2.13. The van der Waals surface area contributed by atoms with Crippen LogP contribution in [0.15, 0.2) is 17.0 Å². The molecule has 0 heterocycles. The molecule has 108 valence electrons. The van der Waals surface area contributed by atoms with Crippen molar-refractivity contribution >= 4 is 15.8 Å². The molecule has 1 rings (SSSR count). The van der Waals surface area contributed by atoms with Gasteiger partial charge in [0.05, 0.1) is 11.8 Å². The van der Waals surface area contributed by atoms with Gasteiger partial charge in [0.1, 0.15) is 16.3 Å². The van der Waals surface area contributed by atoms with E-state index in [2.05, 4.69) is 0 Å². The van der Waals surface area contributed by atoms with Crippen molar-refractivity contribution in [3.05, 3.63) is 29.3 Å². The van der Waals surface area contributed by atoms with E-state index in [-0.39, 0.29) is 12.8 Å². The maximum absolute atomic E-state index is 13.8. The normalized spacial score (nSPS) is 11.1. The number of halogens is 2. The van der Waals surface area contributed by atoms with Crippen LogP contribution in [0.25, 0.3) is 0 Å². The predicted molar refractivity (Wildman–Crippen MR) is 64.8 cm³/mol. The number of rotatable bonds is 6. The third-order valence-corrected chi connectivity index (χ3v) is 4.37. The lowest BCUT2D eigenvalue weighted by Crippen LogP contribution is -2.13. The van der Waals surface area contributed by atoms with Crippen LogP contribution >= 0.6 is 0 Å². The van der Waals surface area contributed by atoms with Gasteiger partial charge in [-0.2, -0.15) is 5.26 Å². The maximum Gasteiger partial charge on any atom is 0.341 e. The van der Waals surface area contributed by atoms with E-state index in [0.717, 1.165) is 0 Å². The van der Waals surface area contributed by atoms with Gasteiger partial charge >= 0.3 is 5.97 Å². The smallest absolute Gasteiger partial charge is 0.341 e. The molecule has 20 heavy (non-hydrogen) atoms. The minimum absolute atomic E-state index is 0.134. The first-order valence-electron chi connectivity index (χ1n) is 5.62. The molecule has 0 fully saturated rings. The van der Waals surface area contributed by atoms with Crippen LogP contribution in [0.2, 0.25) is 0 Å². The molecule has 5 nitrogen and oxygen atoms in total. The number of nitrogens with zero attached hydrogens (tertiary/aromatic N) is 1. The fraction of sp³-hybridized carbons (Fsp3) is 0.333. The second-order valence-electron chi connectivity index (χ2n) is 3.97. The molecule has 0 aliphatic rings. The van der Waals surface area contributed by atoms with Crippen molar-refractivity contribution in [3.63, 3.8) is 0 Å². The summed E-state index contributed by atoms with van der Waals surface area (Å²) in [6.45, 7) is 0. The van der Waals surface area contributed by atoms with E-state index in [4.69, 9.17) is 10.4 Å². The van der Waals surface area contributed by atoms with Crippen LogP contribution in [-0.4, -0.2) is 25.2 Å². The summed E-state index contributed by atoms with van der Waals surface area (Å²) < 4.78 is 50.7. The molecule has 1 aromatic rings. The van der Waals surface area contributed by atoms with Gasteiger partial charge in [-0.25, -0.2) is 22.0 Å². The Kier molecular flexibility index (Phi) is 5.16.